The van der Waals surface area contributed by atoms with Gasteiger partial charge in [0.15, 0.2) is 0 Å². The highest BCUT2D eigenvalue weighted by atomic mass is 32.2. The molecule has 3 rings (SSSR count). The summed E-state index contributed by atoms with van der Waals surface area (Å²) < 4.78 is 34.8. The highest BCUT2D eigenvalue weighted by molar-refractivity contribution is 7.87. The van der Waals surface area contributed by atoms with E-state index < -0.39 is 10.2 Å². The number of rotatable bonds is 6. The van der Waals surface area contributed by atoms with Crippen LogP contribution in [0.15, 0.2) is 0 Å². The Bertz CT molecular complexity index is 433. The van der Waals surface area contributed by atoms with Gasteiger partial charge < -0.3 is 10.1 Å². The molecule has 2 aliphatic heterocycles. The number of hydrogen-bond acceptors (Lipinski definition) is 4. The molecule has 1 unspecified atom stereocenters. The number of nitrogens with one attached hydrogen (secondary N) is 2. The first-order valence-corrected chi connectivity index (χ1v) is 9.66. The number of nitrogens with zero attached hydrogens (tertiary/aromatic N) is 1. The molecule has 2 saturated heterocycles. The molecule has 122 valence electrons. The fourth-order valence-electron chi connectivity index (χ4n) is 3.13. The maximum Gasteiger partial charge on any atom is 0.279 e. The van der Waals surface area contributed by atoms with Gasteiger partial charge in [0.25, 0.3) is 10.2 Å². The van der Waals surface area contributed by atoms with Crippen LogP contribution in [-0.4, -0.2) is 57.7 Å². The third-order valence-electron chi connectivity index (χ3n) is 4.63. The Labute approximate surface area is 127 Å². The SMILES string of the molecule is O=S(=O)(NC1CCOCC1)N1CCCC(CNC2CC2)C1. The maximum absolute atomic E-state index is 12.5. The van der Waals surface area contributed by atoms with Crippen LogP contribution in [0.2, 0.25) is 0 Å². The largest absolute Gasteiger partial charge is 0.381 e. The summed E-state index contributed by atoms with van der Waals surface area (Å²) in [5, 5.41) is 3.52. The molecule has 21 heavy (non-hydrogen) atoms. The zero-order valence-corrected chi connectivity index (χ0v) is 13.4. The van der Waals surface area contributed by atoms with E-state index in [-0.39, 0.29) is 6.04 Å². The average Bonchev–Trinajstić information content (AvgIpc) is 3.30. The molecule has 0 aromatic heterocycles. The number of ether oxygens (including phenoxy) is 1. The molecule has 0 amide bonds. The standard InChI is InChI=1S/C14H27N3O3S/c18-21(19,16-14-5-8-20-9-6-14)17-7-1-2-12(11-17)10-15-13-3-4-13/h12-16H,1-11H2. The van der Waals surface area contributed by atoms with Crippen LogP contribution in [0.5, 0.6) is 0 Å². The Morgan fingerprint density at radius 3 is 2.52 bits per heavy atom. The van der Waals surface area contributed by atoms with Crippen molar-refractivity contribution in [2.45, 2.75) is 50.6 Å². The summed E-state index contributed by atoms with van der Waals surface area (Å²) in [4.78, 5) is 0. The van der Waals surface area contributed by atoms with Crippen molar-refractivity contribution in [3.05, 3.63) is 0 Å². The molecule has 1 atom stereocenters. The average molecular weight is 317 g/mol. The molecule has 1 aliphatic carbocycles. The highest BCUT2D eigenvalue weighted by Crippen LogP contribution is 2.22. The van der Waals surface area contributed by atoms with Crippen molar-refractivity contribution in [3.8, 4) is 0 Å². The van der Waals surface area contributed by atoms with E-state index in [2.05, 4.69) is 10.0 Å². The van der Waals surface area contributed by atoms with Crippen LogP contribution in [0.1, 0.15) is 38.5 Å². The lowest BCUT2D eigenvalue weighted by Gasteiger charge is -2.34. The van der Waals surface area contributed by atoms with Crippen LogP contribution >= 0.6 is 0 Å². The van der Waals surface area contributed by atoms with Crippen LogP contribution in [0.3, 0.4) is 0 Å². The summed E-state index contributed by atoms with van der Waals surface area (Å²) in [6.07, 6.45) is 6.20. The smallest absolute Gasteiger partial charge is 0.279 e. The van der Waals surface area contributed by atoms with Crippen molar-refractivity contribution >= 4 is 10.2 Å². The van der Waals surface area contributed by atoms with Crippen molar-refractivity contribution in [1.29, 1.82) is 0 Å². The minimum absolute atomic E-state index is 0.0358. The molecule has 0 radical (unpaired) electrons. The van der Waals surface area contributed by atoms with Crippen molar-refractivity contribution in [2.75, 3.05) is 32.8 Å². The zero-order valence-electron chi connectivity index (χ0n) is 12.6. The van der Waals surface area contributed by atoms with Gasteiger partial charge in [-0.05, 0) is 51.0 Å². The van der Waals surface area contributed by atoms with E-state index in [4.69, 9.17) is 4.74 Å². The van der Waals surface area contributed by atoms with E-state index in [9.17, 15) is 8.42 Å². The Balaban J connectivity index is 1.50. The maximum atomic E-state index is 12.5. The molecule has 2 heterocycles. The molecular weight excluding hydrogens is 290 g/mol. The van der Waals surface area contributed by atoms with Crippen LogP contribution in [0, 0.1) is 5.92 Å². The molecular formula is C14H27N3O3S. The quantitative estimate of drug-likeness (QED) is 0.747. The minimum Gasteiger partial charge on any atom is -0.381 e. The lowest BCUT2D eigenvalue weighted by atomic mass is 10.00. The third-order valence-corrected chi connectivity index (χ3v) is 6.27. The summed E-state index contributed by atoms with van der Waals surface area (Å²) >= 11 is 0. The van der Waals surface area contributed by atoms with E-state index in [0.29, 0.717) is 38.3 Å². The van der Waals surface area contributed by atoms with Gasteiger partial charge in [0.05, 0.1) is 0 Å². The van der Waals surface area contributed by atoms with Gasteiger partial charge in [-0.1, -0.05) is 0 Å². The molecule has 3 aliphatic rings. The van der Waals surface area contributed by atoms with Crippen LogP contribution < -0.4 is 10.0 Å². The van der Waals surface area contributed by atoms with Gasteiger partial charge in [-0.3, -0.25) is 0 Å². The molecule has 0 aromatic rings. The van der Waals surface area contributed by atoms with Crippen LogP contribution in [0.25, 0.3) is 0 Å². The Morgan fingerprint density at radius 2 is 1.81 bits per heavy atom. The third kappa shape index (κ3) is 4.63. The first-order valence-electron chi connectivity index (χ1n) is 8.22. The van der Waals surface area contributed by atoms with Gasteiger partial charge >= 0.3 is 0 Å². The number of hydrogen-bond donors (Lipinski definition) is 2. The molecule has 0 bridgehead atoms. The first-order chi connectivity index (χ1) is 10.1. The monoisotopic (exact) mass is 317 g/mol. The Hall–Kier alpha value is -0.210. The van der Waals surface area contributed by atoms with Gasteiger partial charge in [0.2, 0.25) is 0 Å². The lowest BCUT2D eigenvalue weighted by molar-refractivity contribution is 0.0826. The van der Waals surface area contributed by atoms with Crippen molar-refractivity contribution in [3.63, 3.8) is 0 Å². The molecule has 0 aromatic carbocycles. The van der Waals surface area contributed by atoms with Crippen molar-refractivity contribution in [1.82, 2.24) is 14.3 Å². The molecule has 2 N–H and O–H groups in total. The van der Waals surface area contributed by atoms with E-state index >= 15 is 0 Å². The predicted octanol–water partition coefficient (Wildman–Crippen LogP) is 0.464. The van der Waals surface area contributed by atoms with Gasteiger partial charge in [-0.25, -0.2) is 0 Å². The predicted molar refractivity (Wildman–Crippen MR) is 81.2 cm³/mol. The second kappa shape index (κ2) is 6.91. The van der Waals surface area contributed by atoms with E-state index in [1.807, 2.05) is 0 Å². The van der Waals surface area contributed by atoms with E-state index in [1.165, 1.54) is 12.8 Å². The summed E-state index contributed by atoms with van der Waals surface area (Å²) in [6, 6.07) is 0.728. The summed E-state index contributed by atoms with van der Waals surface area (Å²) in [5.74, 6) is 0.450. The topological polar surface area (TPSA) is 70.7 Å². The molecule has 6 nitrogen and oxygen atoms in total. The second-order valence-electron chi connectivity index (χ2n) is 6.56. The fraction of sp³-hybridized carbons (Fsp3) is 1.00. The van der Waals surface area contributed by atoms with E-state index in [1.54, 1.807) is 4.31 Å². The van der Waals surface area contributed by atoms with Crippen LogP contribution in [-0.2, 0) is 14.9 Å². The Kier molecular flexibility index (Phi) is 5.16. The van der Waals surface area contributed by atoms with E-state index in [0.717, 1.165) is 32.2 Å². The Morgan fingerprint density at radius 1 is 1.05 bits per heavy atom. The van der Waals surface area contributed by atoms with Crippen molar-refractivity contribution in [2.24, 2.45) is 5.92 Å². The summed E-state index contributed by atoms with van der Waals surface area (Å²) in [5.41, 5.74) is 0. The first kappa shape index (κ1) is 15.7. The highest BCUT2D eigenvalue weighted by Gasteiger charge is 2.31. The summed E-state index contributed by atoms with van der Waals surface area (Å²) in [6.45, 7) is 3.56. The fourth-order valence-corrected chi connectivity index (χ4v) is 4.72. The van der Waals surface area contributed by atoms with Gasteiger partial charge in [0, 0.05) is 38.4 Å². The second-order valence-corrected chi connectivity index (χ2v) is 8.26. The van der Waals surface area contributed by atoms with Gasteiger partial charge in [0.1, 0.15) is 0 Å². The molecule has 1 saturated carbocycles. The molecule has 3 fully saturated rings. The van der Waals surface area contributed by atoms with Crippen molar-refractivity contribution < 1.29 is 13.2 Å². The normalized spacial score (nSPS) is 29.6. The van der Waals surface area contributed by atoms with Crippen LogP contribution in [0.4, 0.5) is 0 Å². The van der Waals surface area contributed by atoms with Gasteiger partial charge in [-0.2, -0.15) is 17.4 Å². The lowest BCUT2D eigenvalue weighted by Crippen LogP contribution is -2.51. The minimum atomic E-state index is -3.34. The molecule has 7 heteroatoms. The molecule has 0 spiro atoms. The van der Waals surface area contributed by atoms with Gasteiger partial charge in [-0.15, -0.1) is 0 Å². The zero-order chi connectivity index (χ0) is 14.7. The summed E-state index contributed by atoms with van der Waals surface area (Å²) in [7, 11) is -3.34. The number of piperidine rings is 1.